The molecule has 1 nitrogen and oxygen atoms in total. The van der Waals surface area contributed by atoms with E-state index in [1.54, 1.807) is 12.3 Å². The average molecular weight is 253 g/mol. The van der Waals surface area contributed by atoms with Crippen LogP contribution in [0.2, 0.25) is 0 Å². The van der Waals surface area contributed by atoms with E-state index in [0.29, 0.717) is 5.92 Å². The minimum absolute atomic E-state index is 0.222. The molecule has 1 aromatic carbocycles. The molecule has 0 amide bonds. The summed E-state index contributed by atoms with van der Waals surface area (Å²) in [5.41, 5.74) is 0.667. The summed E-state index contributed by atoms with van der Waals surface area (Å²) in [6, 6.07) is 4.39. The summed E-state index contributed by atoms with van der Waals surface area (Å²) in [5.74, 6) is 0.651. The molecule has 1 N–H and O–H groups in total. The third kappa shape index (κ3) is 1.89. The van der Waals surface area contributed by atoms with Gasteiger partial charge in [0.25, 0.3) is 0 Å². The van der Waals surface area contributed by atoms with Crippen molar-refractivity contribution in [2.24, 2.45) is 5.92 Å². The van der Waals surface area contributed by atoms with E-state index in [-0.39, 0.29) is 5.52 Å². The molecule has 3 rings (SSSR count). The summed E-state index contributed by atoms with van der Waals surface area (Å²) in [4.78, 5) is 2.80. The Balaban J connectivity index is 2.03. The fraction of sp³-hybridized carbons (Fsp3) is 0.429. The van der Waals surface area contributed by atoms with E-state index >= 15 is 0 Å². The minimum Gasteiger partial charge on any atom is -0.360 e. The van der Waals surface area contributed by atoms with Crippen LogP contribution in [0.3, 0.4) is 0 Å². The van der Waals surface area contributed by atoms with Crippen LogP contribution < -0.4 is 0 Å². The van der Waals surface area contributed by atoms with Crippen molar-refractivity contribution in [3.8, 4) is 0 Å². The Labute approximate surface area is 103 Å². The number of fused-ring (bicyclic) bond motifs is 1. The fourth-order valence-corrected chi connectivity index (χ4v) is 2.63. The van der Waals surface area contributed by atoms with E-state index in [4.69, 9.17) is 0 Å². The van der Waals surface area contributed by atoms with Crippen molar-refractivity contribution in [3.05, 3.63) is 35.5 Å². The van der Waals surface area contributed by atoms with Crippen LogP contribution in [0.25, 0.3) is 10.9 Å². The molecule has 0 radical (unpaired) electrons. The molecule has 18 heavy (non-hydrogen) atoms. The molecule has 0 aliphatic heterocycles. The lowest BCUT2D eigenvalue weighted by atomic mass is 9.81. The topological polar surface area (TPSA) is 15.8 Å². The Morgan fingerprint density at radius 1 is 1.22 bits per heavy atom. The van der Waals surface area contributed by atoms with E-state index in [2.05, 4.69) is 4.98 Å². The van der Waals surface area contributed by atoms with Crippen molar-refractivity contribution in [2.75, 3.05) is 0 Å². The number of benzene rings is 1. The number of hydrogen-bond acceptors (Lipinski definition) is 0. The van der Waals surface area contributed by atoms with Crippen molar-refractivity contribution in [1.82, 2.24) is 4.98 Å². The summed E-state index contributed by atoms with van der Waals surface area (Å²) in [6.45, 7) is 0. The van der Waals surface area contributed by atoms with Gasteiger partial charge >= 0.3 is 6.18 Å². The van der Waals surface area contributed by atoms with Gasteiger partial charge in [-0.25, -0.2) is 0 Å². The second-order valence-corrected chi connectivity index (χ2v) is 5.04. The van der Waals surface area contributed by atoms with E-state index < -0.39 is 11.7 Å². The van der Waals surface area contributed by atoms with Crippen molar-refractivity contribution < 1.29 is 13.2 Å². The lowest BCUT2D eigenvalue weighted by molar-refractivity contribution is -0.136. The van der Waals surface area contributed by atoms with Crippen LogP contribution in [0.1, 0.15) is 30.4 Å². The average Bonchev–Trinajstić information content (AvgIpc) is 2.65. The Morgan fingerprint density at radius 3 is 2.61 bits per heavy atom. The Kier molecular flexibility index (Phi) is 2.61. The molecule has 1 fully saturated rings. The molecule has 0 atom stereocenters. The van der Waals surface area contributed by atoms with Crippen molar-refractivity contribution in [2.45, 2.75) is 31.9 Å². The molecule has 1 saturated carbocycles. The molecule has 0 saturated heterocycles. The van der Waals surface area contributed by atoms with Gasteiger partial charge in [0.1, 0.15) is 0 Å². The number of para-hydroxylation sites is 1. The smallest absolute Gasteiger partial charge is 0.360 e. The van der Waals surface area contributed by atoms with E-state index in [0.717, 1.165) is 23.4 Å². The van der Waals surface area contributed by atoms with Crippen molar-refractivity contribution >= 4 is 10.9 Å². The fourth-order valence-electron chi connectivity index (χ4n) is 2.63. The quantitative estimate of drug-likeness (QED) is 0.809. The zero-order valence-electron chi connectivity index (χ0n) is 9.85. The van der Waals surface area contributed by atoms with Gasteiger partial charge in [0.05, 0.1) is 11.1 Å². The maximum absolute atomic E-state index is 12.8. The van der Waals surface area contributed by atoms with Gasteiger partial charge in [-0.05, 0) is 24.0 Å². The maximum Gasteiger partial charge on any atom is 0.418 e. The molecule has 1 aliphatic rings. The molecule has 4 heteroatoms. The molecule has 0 unspecified atom stereocenters. The summed E-state index contributed by atoms with van der Waals surface area (Å²) >= 11 is 0. The Bertz CT molecular complexity index is 564. The molecule has 0 bridgehead atoms. The molecular weight excluding hydrogens is 239 g/mol. The second kappa shape index (κ2) is 4.04. The van der Waals surface area contributed by atoms with Gasteiger partial charge in [0.2, 0.25) is 0 Å². The van der Waals surface area contributed by atoms with Crippen LogP contribution in [0.15, 0.2) is 24.4 Å². The third-order valence-electron chi connectivity index (χ3n) is 3.84. The van der Waals surface area contributed by atoms with Gasteiger partial charge in [-0.2, -0.15) is 13.2 Å². The largest absolute Gasteiger partial charge is 0.418 e. The number of hydrogen-bond donors (Lipinski definition) is 1. The van der Waals surface area contributed by atoms with Gasteiger partial charge in [-0.3, -0.25) is 0 Å². The van der Waals surface area contributed by atoms with Crippen molar-refractivity contribution in [1.29, 1.82) is 0 Å². The molecule has 0 spiro atoms. The van der Waals surface area contributed by atoms with Crippen LogP contribution in [-0.2, 0) is 12.6 Å². The number of alkyl halides is 3. The summed E-state index contributed by atoms with van der Waals surface area (Å²) in [7, 11) is 0. The third-order valence-corrected chi connectivity index (χ3v) is 3.84. The lowest BCUT2D eigenvalue weighted by Crippen LogP contribution is -2.13. The first kappa shape index (κ1) is 11.6. The second-order valence-electron chi connectivity index (χ2n) is 5.04. The summed E-state index contributed by atoms with van der Waals surface area (Å²) < 4.78 is 38.5. The number of aromatic nitrogens is 1. The molecule has 2 aromatic rings. The van der Waals surface area contributed by atoms with Crippen LogP contribution in [-0.4, -0.2) is 4.98 Å². The molecule has 1 aliphatic carbocycles. The predicted molar refractivity (Wildman–Crippen MR) is 64.3 cm³/mol. The molecule has 96 valence electrons. The monoisotopic (exact) mass is 253 g/mol. The van der Waals surface area contributed by atoms with E-state index in [1.807, 2.05) is 0 Å². The highest BCUT2D eigenvalue weighted by Crippen LogP contribution is 2.37. The Morgan fingerprint density at radius 2 is 2.00 bits per heavy atom. The maximum atomic E-state index is 12.8. The first-order chi connectivity index (χ1) is 8.55. The highest BCUT2D eigenvalue weighted by atomic mass is 19.4. The summed E-state index contributed by atoms with van der Waals surface area (Å²) in [6.07, 6.45) is 1.98. The first-order valence-corrected chi connectivity index (χ1v) is 6.22. The normalized spacial score (nSPS) is 17.1. The highest BCUT2D eigenvalue weighted by molar-refractivity contribution is 5.86. The van der Waals surface area contributed by atoms with Crippen LogP contribution >= 0.6 is 0 Å². The first-order valence-electron chi connectivity index (χ1n) is 6.22. The number of halogens is 3. The molecule has 1 aromatic heterocycles. The van der Waals surface area contributed by atoms with Gasteiger partial charge in [-0.1, -0.05) is 31.4 Å². The zero-order valence-corrected chi connectivity index (χ0v) is 9.85. The number of aromatic amines is 1. The minimum atomic E-state index is -4.29. The van der Waals surface area contributed by atoms with Crippen LogP contribution in [0, 0.1) is 5.92 Å². The van der Waals surface area contributed by atoms with Gasteiger partial charge in [0, 0.05) is 11.6 Å². The number of H-pyrrole nitrogens is 1. The van der Waals surface area contributed by atoms with E-state index in [9.17, 15) is 13.2 Å². The Hall–Kier alpha value is -1.45. The molecule has 1 heterocycles. The number of nitrogens with one attached hydrogen (secondary N) is 1. The number of rotatable bonds is 2. The predicted octanol–water partition coefficient (Wildman–Crippen LogP) is 4.53. The molecular formula is C14H14F3N. The van der Waals surface area contributed by atoms with E-state index in [1.165, 1.54) is 25.3 Å². The SMILES string of the molecule is FC(F)(F)c1cccc2c(CC3CCC3)c[nH]c12. The van der Waals surface area contributed by atoms with Gasteiger partial charge < -0.3 is 4.98 Å². The zero-order chi connectivity index (χ0) is 12.8. The summed E-state index contributed by atoms with van der Waals surface area (Å²) in [5, 5.41) is 0.719. The lowest BCUT2D eigenvalue weighted by Gasteiger charge is -2.24. The van der Waals surface area contributed by atoms with Crippen LogP contribution in [0.5, 0.6) is 0 Å². The van der Waals surface area contributed by atoms with Crippen molar-refractivity contribution in [3.63, 3.8) is 0 Å². The van der Waals surface area contributed by atoms with Crippen LogP contribution in [0.4, 0.5) is 13.2 Å². The van der Waals surface area contributed by atoms with Gasteiger partial charge in [-0.15, -0.1) is 0 Å². The van der Waals surface area contributed by atoms with Gasteiger partial charge in [0.15, 0.2) is 0 Å². The standard InChI is InChI=1S/C14H14F3N/c15-14(16,17)12-6-2-5-11-10(8-18-13(11)12)7-9-3-1-4-9/h2,5-6,8-9,18H,1,3-4,7H2. The highest BCUT2D eigenvalue weighted by Gasteiger charge is 2.33.